The van der Waals surface area contributed by atoms with Crippen LogP contribution in [0.25, 0.3) is 0 Å². The Kier molecular flexibility index (Phi) is 8.09. The van der Waals surface area contributed by atoms with Gasteiger partial charge in [-0.2, -0.15) is 11.8 Å². The first-order chi connectivity index (χ1) is 9.24. The van der Waals surface area contributed by atoms with Gasteiger partial charge in [0.15, 0.2) is 0 Å². The quantitative estimate of drug-likeness (QED) is 0.540. The lowest BCUT2D eigenvalue weighted by Gasteiger charge is -2.07. The van der Waals surface area contributed by atoms with Crippen molar-refractivity contribution in [3.05, 3.63) is 24.3 Å². The molecule has 4 nitrogen and oxygen atoms in total. The second-order valence-corrected chi connectivity index (χ2v) is 5.42. The molecule has 0 aliphatic rings. The van der Waals surface area contributed by atoms with Gasteiger partial charge in [0.25, 0.3) is 0 Å². The van der Waals surface area contributed by atoms with Crippen molar-refractivity contribution < 1.29 is 9.53 Å². The maximum absolute atomic E-state index is 11.7. The fraction of sp³-hybridized carbons (Fsp3) is 0.500. The standard InChI is InChI=1S/C14H22N2O2S/c1-18-9-5-11-19-10-4-8-14(17)16-13-7-3-2-6-12(13)15/h2-3,6-7H,4-5,8-11,15H2,1H3,(H,16,17). The molecule has 106 valence electrons. The monoisotopic (exact) mass is 282 g/mol. The van der Waals surface area contributed by atoms with E-state index in [0.717, 1.165) is 31.0 Å². The topological polar surface area (TPSA) is 64.3 Å². The molecular formula is C14H22N2O2S. The summed E-state index contributed by atoms with van der Waals surface area (Å²) in [7, 11) is 1.71. The molecule has 1 amide bonds. The number of carbonyl (C=O) groups is 1. The van der Waals surface area contributed by atoms with Crippen LogP contribution in [0.3, 0.4) is 0 Å². The molecule has 0 saturated carbocycles. The Bertz CT molecular complexity index is 385. The zero-order valence-corrected chi connectivity index (χ0v) is 12.2. The van der Waals surface area contributed by atoms with Crippen LogP contribution in [0.5, 0.6) is 0 Å². The summed E-state index contributed by atoms with van der Waals surface area (Å²) < 4.78 is 4.97. The predicted molar refractivity (Wildman–Crippen MR) is 82.5 cm³/mol. The maximum Gasteiger partial charge on any atom is 0.224 e. The number of para-hydroxylation sites is 2. The van der Waals surface area contributed by atoms with Gasteiger partial charge in [-0.1, -0.05) is 12.1 Å². The van der Waals surface area contributed by atoms with Crippen molar-refractivity contribution in [1.82, 2.24) is 0 Å². The average Bonchev–Trinajstić information content (AvgIpc) is 2.40. The molecule has 3 N–H and O–H groups in total. The van der Waals surface area contributed by atoms with Crippen molar-refractivity contribution in [1.29, 1.82) is 0 Å². The Morgan fingerprint density at radius 3 is 2.79 bits per heavy atom. The van der Waals surface area contributed by atoms with Gasteiger partial charge in [0.05, 0.1) is 11.4 Å². The summed E-state index contributed by atoms with van der Waals surface area (Å²) in [6.45, 7) is 0.806. The van der Waals surface area contributed by atoms with E-state index in [4.69, 9.17) is 10.5 Å². The third-order valence-corrected chi connectivity index (χ3v) is 3.72. The van der Waals surface area contributed by atoms with E-state index in [1.165, 1.54) is 0 Å². The van der Waals surface area contributed by atoms with Gasteiger partial charge in [-0.3, -0.25) is 4.79 Å². The number of nitrogens with two attached hydrogens (primary N) is 1. The number of methoxy groups -OCH3 is 1. The summed E-state index contributed by atoms with van der Waals surface area (Å²) in [6, 6.07) is 7.30. The van der Waals surface area contributed by atoms with Gasteiger partial charge in [-0.15, -0.1) is 0 Å². The summed E-state index contributed by atoms with van der Waals surface area (Å²) in [6.07, 6.45) is 2.48. The Hall–Kier alpha value is -1.20. The third-order valence-electron chi connectivity index (χ3n) is 2.56. The fourth-order valence-electron chi connectivity index (χ4n) is 1.57. The van der Waals surface area contributed by atoms with Gasteiger partial charge < -0.3 is 15.8 Å². The largest absolute Gasteiger partial charge is 0.397 e. The second-order valence-electron chi connectivity index (χ2n) is 4.20. The lowest BCUT2D eigenvalue weighted by molar-refractivity contribution is -0.116. The smallest absolute Gasteiger partial charge is 0.224 e. The molecule has 0 aliphatic carbocycles. The number of nitrogen functional groups attached to an aromatic ring is 1. The van der Waals surface area contributed by atoms with E-state index >= 15 is 0 Å². The minimum Gasteiger partial charge on any atom is -0.397 e. The molecule has 0 aromatic heterocycles. The summed E-state index contributed by atoms with van der Waals surface area (Å²) in [5, 5.41) is 2.83. The first-order valence-electron chi connectivity index (χ1n) is 6.45. The lowest BCUT2D eigenvalue weighted by atomic mass is 10.2. The van der Waals surface area contributed by atoms with Crippen molar-refractivity contribution in [2.45, 2.75) is 19.3 Å². The van der Waals surface area contributed by atoms with Crippen LogP contribution < -0.4 is 11.1 Å². The van der Waals surface area contributed by atoms with Crippen LogP contribution in [0.4, 0.5) is 11.4 Å². The molecule has 5 heteroatoms. The minimum absolute atomic E-state index is 0.0235. The molecule has 1 rings (SSSR count). The summed E-state index contributed by atoms with van der Waals surface area (Å²) in [5.74, 6) is 2.11. The number of amides is 1. The molecule has 0 bridgehead atoms. The Morgan fingerprint density at radius 2 is 2.05 bits per heavy atom. The maximum atomic E-state index is 11.7. The van der Waals surface area contributed by atoms with E-state index in [9.17, 15) is 4.79 Å². The van der Waals surface area contributed by atoms with E-state index in [0.29, 0.717) is 17.8 Å². The summed E-state index contributed by atoms with van der Waals surface area (Å²) in [4.78, 5) is 11.7. The number of carbonyl (C=O) groups excluding carboxylic acids is 1. The average molecular weight is 282 g/mol. The van der Waals surface area contributed by atoms with E-state index < -0.39 is 0 Å². The molecule has 1 aromatic carbocycles. The number of anilines is 2. The molecular weight excluding hydrogens is 260 g/mol. The zero-order valence-electron chi connectivity index (χ0n) is 11.4. The highest BCUT2D eigenvalue weighted by Gasteiger charge is 2.04. The highest BCUT2D eigenvalue weighted by atomic mass is 32.2. The Morgan fingerprint density at radius 1 is 1.32 bits per heavy atom. The number of thioether (sulfide) groups is 1. The molecule has 0 heterocycles. The van der Waals surface area contributed by atoms with Crippen molar-refractivity contribution in [3.63, 3.8) is 0 Å². The number of hydrogen-bond acceptors (Lipinski definition) is 4. The SMILES string of the molecule is COCCCSCCCC(=O)Nc1ccccc1N. The number of nitrogens with one attached hydrogen (secondary N) is 1. The van der Waals surface area contributed by atoms with Gasteiger partial charge >= 0.3 is 0 Å². The van der Waals surface area contributed by atoms with Crippen LogP contribution in [0.1, 0.15) is 19.3 Å². The zero-order chi connectivity index (χ0) is 13.9. The highest BCUT2D eigenvalue weighted by Crippen LogP contribution is 2.17. The van der Waals surface area contributed by atoms with E-state index in [-0.39, 0.29) is 5.91 Å². The van der Waals surface area contributed by atoms with Crippen molar-refractivity contribution in [3.8, 4) is 0 Å². The van der Waals surface area contributed by atoms with Crippen LogP contribution in [-0.4, -0.2) is 31.1 Å². The van der Waals surface area contributed by atoms with E-state index in [2.05, 4.69) is 5.32 Å². The van der Waals surface area contributed by atoms with E-state index in [1.54, 1.807) is 13.2 Å². The van der Waals surface area contributed by atoms with Crippen molar-refractivity contribution in [2.75, 3.05) is 36.3 Å². The van der Waals surface area contributed by atoms with Crippen molar-refractivity contribution in [2.24, 2.45) is 0 Å². The van der Waals surface area contributed by atoms with E-state index in [1.807, 2.05) is 30.0 Å². The van der Waals surface area contributed by atoms with Crippen LogP contribution in [-0.2, 0) is 9.53 Å². The van der Waals surface area contributed by atoms with Crippen molar-refractivity contribution >= 4 is 29.0 Å². The third kappa shape index (κ3) is 7.08. The first kappa shape index (κ1) is 15.9. The van der Waals surface area contributed by atoms with Gasteiger partial charge in [0, 0.05) is 20.1 Å². The van der Waals surface area contributed by atoms with Gasteiger partial charge in [-0.25, -0.2) is 0 Å². The van der Waals surface area contributed by atoms with Crippen LogP contribution in [0.15, 0.2) is 24.3 Å². The van der Waals surface area contributed by atoms with Crippen LogP contribution in [0, 0.1) is 0 Å². The fourth-order valence-corrected chi connectivity index (χ4v) is 2.44. The second kappa shape index (κ2) is 9.69. The lowest BCUT2D eigenvalue weighted by Crippen LogP contribution is -2.12. The van der Waals surface area contributed by atoms with Gasteiger partial charge in [0.1, 0.15) is 0 Å². The number of hydrogen-bond donors (Lipinski definition) is 2. The molecule has 1 aromatic rings. The predicted octanol–water partition coefficient (Wildman–Crippen LogP) is 2.76. The Balaban J connectivity index is 2.10. The molecule has 19 heavy (non-hydrogen) atoms. The number of rotatable bonds is 9. The van der Waals surface area contributed by atoms with Gasteiger partial charge in [-0.05, 0) is 36.5 Å². The van der Waals surface area contributed by atoms with Crippen LogP contribution in [0.2, 0.25) is 0 Å². The molecule has 0 aliphatic heterocycles. The van der Waals surface area contributed by atoms with Crippen LogP contribution >= 0.6 is 11.8 Å². The Labute approximate surface area is 119 Å². The minimum atomic E-state index is 0.0235. The number of benzene rings is 1. The number of ether oxygens (including phenoxy) is 1. The molecule has 0 fully saturated rings. The normalized spacial score (nSPS) is 10.4. The summed E-state index contributed by atoms with van der Waals surface area (Å²) in [5.41, 5.74) is 7.06. The molecule has 0 radical (unpaired) electrons. The molecule has 0 saturated heterocycles. The molecule has 0 spiro atoms. The highest BCUT2D eigenvalue weighted by molar-refractivity contribution is 7.99. The summed E-state index contributed by atoms with van der Waals surface area (Å²) >= 11 is 1.86. The van der Waals surface area contributed by atoms with Gasteiger partial charge in [0.2, 0.25) is 5.91 Å². The first-order valence-corrected chi connectivity index (χ1v) is 7.60. The molecule has 0 unspecified atom stereocenters. The molecule has 0 atom stereocenters.